The van der Waals surface area contributed by atoms with Gasteiger partial charge in [0.05, 0.1) is 19.1 Å². The van der Waals surface area contributed by atoms with E-state index < -0.39 is 15.5 Å². The van der Waals surface area contributed by atoms with E-state index in [0.717, 1.165) is 6.07 Å². The van der Waals surface area contributed by atoms with Gasteiger partial charge in [-0.05, 0) is 24.6 Å². The highest BCUT2D eigenvalue weighted by Crippen LogP contribution is 2.35. The summed E-state index contributed by atoms with van der Waals surface area (Å²) in [6.07, 6.45) is 0.452. The lowest BCUT2D eigenvalue weighted by molar-refractivity contribution is 0.240. The van der Waals surface area contributed by atoms with Crippen LogP contribution in [0, 0.1) is 4.78 Å². The molecular weight excluding hydrogens is 278 g/mol. The number of methoxy groups -OCH3 is 2. The molecule has 19 heavy (non-hydrogen) atoms. The summed E-state index contributed by atoms with van der Waals surface area (Å²) in [6, 6.07) is 2.59. The Balaban J connectivity index is 3.49. The highest BCUT2D eigenvalue weighted by Gasteiger charge is 2.27. The number of rotatable bonds is 6. The number of alkyl halides is 2. The maximum absolute atomic E-state index is 12.7. The Morgan fingerprint density at radius 3 is 2.32 bits per heavy atom. The first-order valence-corrected chi connectivity index (χ1v) is 7.01. The minimum Gasteiger partial charge on any atom is -0.496 e. The molecule has 0 saturated heterocycles. The highest BCUT2D eigenvalue weighted by molar-refractivity contribution is 7.92. The van der Waals surface area contributed by atoms with Crippen LogP contribution in [0.15, 0.2) is 17.0 Å². The van der Waals surface area contributed by atoms with E-state index in [-0.39, 0.29) is 16.4 Å². The predicted octanol–water partition coefficient (Wildman–Crippen LogP) is 1.83. The zero-order valence-electron chi connectivity index (χ0n) is 10.6. The fraction of sp³-hybridized carbons (Fsp3) is 0.455. The van der Waals surface area contributed by atoms with Crippen LogP contribution in [0.4, 0.5) is 8.78 Å². The maximum Gasteiger partial charge on any atom is 0.323 e. The van der Waals surface area contributed by atoms with E-state index in [4.69, 9.17) is 20.0 Å². The molecule has 5 nitrogen and oxygen atoms in total. The van der Waals surface area contributed by atoms with Crippen LogP contribution in [-0.2, 0) is 16.1 Å². The first-order valence-electron chi connectivity index (χ1n) is 5.39. The van der Waals surface area contributed by atoms with Gasteiger partial charge in [0.1, 0.15) is 21.2 Å². The molecule has 108 valence electrons. The van der Waals surface area contributed by atoms with Gasteiger partial charge in [-0.25, -0.2) is 8.99 Å². The van der Waals surface area contributed by atoms with E-state index in [9.17, 15) is 13.0 Å². The van der Waals surface area contributed by atoms with Crippen molar-refractivity contribution in [2.75, 3.05) is 20.8 Å². The van der Waals surface area contributed by atoms with Gasteiger partial charge in [0, 0.05) is 6.07 Å². The lowest BCUT2D eigenvalue weighted by Gasteiger charge is -2.16. The average Bonchev–Trinajstić information content (AvgIpc) is 2.38. The fourth-order valence-corrected chi connectivity index (χ4v) is 2.53. The molecular formula is C11H16F2N2O3S. The van der Waals surface area contributed by atoms with Gasteiger partial charge in [-0.1, -0.05) is 0 Å². The van der Waals surface area contributed by atoms with Gasteiger partial charge in [-0.3, -0.25) is 0 Å². The molecule has 3 N–H and O–H groups in total. The van der Waals surface area contributed by atoms with Crippen LogP contribution in [-0.4, -0.2) is 30.7 Å². The Labute approximate surface area is 110 Å². The third-order valence-corrected chi connectivity index (χ3v) is 4.03. The molecule has 0 saturated carbocycles. The van der Waals surface area contributed by atoms with Gasteiger partial charge in [0.25, 0.3) is 0 Å². The van der Waals surface area contributed by atoms with E-state index in [1.54, 1.807) is 0 Å². The van der Waals surface area contributed by atoms with E-state index in [1.807, 2.05) is 0 Å². The number of ether oxygens (including phenoxy) is 2. The molecule has 0 aliphatic rings. The largest absolute Gasteiger partial charge is 0.496 e. The first-order chi connectivity index (χ1) is 8.88. The minimum absolute atomic E-state index is 0.0236. The van der Waals surface area contributed by atoms with Crippen LogP contribution in [0.1, 0.15) is 5.56 Å². The van der Waals surface area contributed by atoms with Crippen LogP contribution in [0.3, 0.4) is 0 Å². The smallest absolute Gasteiger partial charge is 0.323 e. The van der Waals surface area contributed by atoms with Gasteiger partial charge >= 0.3 is 5.76 Å². The van der Waals surface area contributed by atoms with E-state index in [1.165, 1.54) is 20.3 Å². The normalized spacial score (nSPS) is 14.2. The number of hydrogen-bond acceptors (Lipinski definition) is 5. The van der Waals surface area contributed by atoms with Crippen molar-refractivity contribution in [3.63, 3.8) is 0 Å². The summed E-state index contributed by atoms with van der Waals surface area (Å²) in [4.78, 5) is -0.373. The summed E-state index contributed by atoms with van der Waals surface area (Å²) in [7, 11) is -1.63. The molecule has 0 fully saturated rings. The van der Waals surface area contributed by atoms with Crippen molar-refractivity contribution < 1.29 is 22.5 Å². The van der Waals surface area contributed by atoms with Crippen LogP contribution in [0.5, 0.6) is 11.5 Å². The fourth-order valence-electron chi connectivity index (χ4n) is 1.62. The second kappa shape index (κ2) is 6.16. The lowest BCUT2D eigenvalue weighted by Crippen LogP contribution is -2.12. The Morgan fingerprint density at radius 2 is 1.89 bits per heavy atom. The molecule has 0 amide bonds. The summed E-state index contributed by atoms with van der Waals surface area (Å²) in [6.45, 7) is 0.337. The summed E-state index contributed by atoms with van der Waals surface area (Å²) < 4.78 is 54.5. The van der Waals surface area contributed by atoms with Gasteiger partial charge in [0.15, 0.2) is 0 Å². The number of nitrogens with one attached hydrogen (secondary N) is 1. The monoisotopic (exact) mass is 294 g/mol. The van der Waals surface area contributed by atoms with Crippen LogP contribution in [0.2, 0.25) is 0 Å². The molecule has 0 aliphatic heterocycles. The molecule has 1 atom stereocenters. The highest BCUT2D eigenvalue weighted by atomic mass is 32.2. The standard InChI is InChI=1S/C11H16F2N2O3S/c1-17-8-6-10(19(15,16)11(12)13)9(18-2)5-7(8)3-4-14/h5-6,11,15H,3-4,14H2,1-2H3. The third-order valence-electron chi connectivity index (χ3n) is 2.56. The van der Waals surface area contributed by atoms with Crippen molar-refractivity contribution in [3.05, 3.63) is 17.7 Å². The molecule has 0 heterocycles. The molecule has 0 aromatic heterocycles. The van der Waals surface area contributed by atoms with Crippen molar-refractivity contribution in [2.45, 2.75) is 17.1 Å². The van der Waals surface area contributed by atoms with Crippen LogP contribution in [0.25, 0.3) is 0 Å². The van der Waals surface area contributed by atoms with Crippen molar-refractivity contribution >= 4 is 9.73 Å². The summed E-state index contributed by atoms with van der Waals surface area (Å²) in [5, 5.41) is 0. The van der Waals surface area contributed by atoms with Crippen molar-refractivity contribution in [3.8, 4) is 11.5 Å². The molecule has 0 spiro atoms. The Bertz CT molecular complexity index is 547. The molecule has 0 radical (unpaired) electrons. The Morgan fingerprint density at radius 1 is 1.32 bits per heavy atom. The van der Waals surface area contributed by atoms with Crippen molar-refractivity contribution in [1.82, 2.24) is 0 Å². The first kappa shape index (κ1) is 15.6. The summed E-state index contributed by atoms with van der Waals surface area (Å²) in [5.41, 5.74) is 6.09. The van der Waals surface area contributed by atoms with Gasteiger partial charge in [-0.2, -0.15) is 8.78 Å². The second-order valence-corrected chi connectivity index (χ2v) is 5.71. The number of halogens is 2. The molecule has 1 rings (SSSR count). The minimum atomic E-state index is -4.25. The maximum atomic E-state index is 12.7. The summed E-state index contributed by atoms with van der Waals surface area (Å²) >= 11 is 0. The zero-order valence-corrected chi connectivity index (χ0v) is 11.4. The van der Waals surface area contributed by atoms with Gasteiger partial charge in [0.2, 0.25) is 0 Å². The van der Waals surface area contributed by atoms with Gasteiger partial charge < -0.3 is 15.2 Å². The summed E-state index contributed by atoms with van der Waals surface area (Å²) in [5.74, 6) is -3.06. The molecule has 0 bridgehead atoms. The Kier molecular flexibility index (Phi) is 5.07. The number of nitrogens with two attached hydrogens (primary N) is 1. The van der Waals surface area contributed by atoms with E-state index in [2.05, 4.69) is 0 Å². The quantitative estimate of drug-likeness (QED) is 0.838. The SMILES string of the molecule is COc1cc(S(=N)(=O)C(F)F)c(OC)cc1CCN. The molecule has 1 unspecified atom stereocenters. The average molecular weight is 294 g/mol. The van der Waals surface area contributed by atoms with Crippen molar-refractivity contribution in [2.24, 2.45) is 5.73 Å². The van der Waals surface area contributed by atoms with Crippen molar-refractivity contribution in [1.29, 1.82) is 4.78 Å². The molecule has 1 aromatic carbocycles. The lowest BCUT2D eigenvalue weighted by atomic mass is 10.1. The van der Waals surface area contributed by atoms with E-state index in [0.29, 0.717) is 18.5 Å². The molecule has 0 aliphatic carbocycles. The molecule has 8 heteroatoms. The third kappa shape index (κ3) is 3.13. The predicted molar refractivity (Wildman–Crippen MR) is 67.4 cm³/mol. The van der Waals surface area contributed by atoms with Crippen LogP contribution >= 0.6 is 0 Å². The number of hydrogen-bond donors (Lipinski definition) is 2. The van der Waals surface area contributed by atoms with E-state index >= 15 is 0 Å². The van der Waals surface area contributed by atoms with Crippen LogP contribution < -0.4 is 15.2 Å². The molecule has 1 aromatic rings. The second-order valence-electron chi connectivity index (χ2n) is 3.71. The van der Waals surface area contributed by atoms with Gasteiger partial charge in [-0.15, -0.1) is 0 Å². The number of benzene rings is 1. The Hall–Kier alpha value is -1.41. The zero-order chi connectivity index (χ0) is 14.6. The topological polar surface area (TPSA) is 85.4 Å².